The normalized spacial score (nSPS) is 12.2. The van der Waals surface area contributed by atoms with E-state index >= 15 is 0 Å². The summed E-state index contributed by atoms with van der Waals surface area (Å²) < 4.78 is 16.0. The Morgan fingerprint density at radius 2 is 1.33 bits per heavy atom. The van der Waals surface area contributed by atoms with Crippen LogP contribution in [0.5, 0.6) is 0 Å². The third-order valence-corrected chi connectivity index (χ3v) is 6.39. The standard InChI is InChI=1S/C28H16FN/c29-18-11-13-19(14-12-18)30-25-10-2-1-7-20(25)23-16-15-22-21-8-3-5-17-6-4-9-24(26(17)21)27(22)28(23)30/h1-16H. The fourth-order valence-electron chi connectivity index (χ4n) is 5.19. The van der Waals surface area contributed by atoms with Crippen LogP contribution in [0.15, 0.2) is 97.1 Å². The van der Waals surface area contributed by atoms with Crippen LogP contribution in [0.2, 0.25) is 0 Å². The van der Waals surface area contributed by atoms with Crippen LogP contribution in [-0.4, -0.2) is 4.57 Å². The van der Waals surface area contributed by atoms with Crippen LogP contribution in [0.4, 0.5) is 4.39 Å². The number of halogens is 1. The lowest BCUT2D eigenvalue weighted by Gasteiger charge is -2.12. The summed E-state index contributed by atoms with van der Waals surface area (Å²) >= 11 is 0. The molecule has 6 aromatic rings. The second-order valence-electron chi connectivity index (χ2n) is 7.92. The molecule has 0 amide bonds. The maximum absolute atomic E-state index is 13.7. The first kappa shape index (κ1) is 15.9. The molecular weight excluding hydrogens is 369 g/mol. The van der Waals surface area contributed by atoms with E-state index in [1.54, 1.807) is 0 Å². The third kappa shape index (κ3) is 1.91. The van der Waals surface area contributed by atoms with E-state index in [1.807, 2.05) is 12.1 Å². The molecule has 5 aromatic carbocycles. The van der Waals surface area contributed by atoms with Crippen LogP contribution in [-0.2, 0) is 0 Å². The monoisotopic (exact) mass is 385 g/mol. The van der Waals surface area contributed by atoms with Gasteiger partial charge in [0, 0.05) is 22.0 Å². The minimum absolute atomic E-state index is 0.220. The van der Waals surface area contributed by atoms with Gasteiger partial charge in [-0.15, -0.1) is 0 Å². The molecule has 0 unspecified atom stereocenters. The lowest BCUT2D eigenvalue weighted by Crippen LogP contribution is -1.95. The van der Waals surface area contributed by atoms with Gasteiger partial charge in [-0.25, -0.2) is 4.39 Å². The van der Waals surface area contributed by atoms with Crippen LogP contribution >= 0.6 is 0 Å². The highest BCUT2D eigenvalue weighted by atomic mass is 19.1. The van der Waals surface area contributed by atoms with Gasteiger partial charge in [-0.1, -0.05) is 66.7 Å². The SMILES string of the molecule is Fc1ccc(-n2c3ccccc3c3ccc4c(c32)-c2cccc3cccc-4c23)cc1. The molecule has 1 aromatic heterocycles. The Bertz CT molecular complexity index is 1630. The molecule has 0 radical (unpaired) electrons. The largest absolute Gasteiger partial charge is 0.309 e. The maximum atomic E-state index is 13.7. The van der Waals surface area contributed by atoms with Gasteiger partial charge >= 0.3 is 0 Å². The van der Waals surface area contributed by atoms with Gasteiger partial charge < -0.3 is 4.57 Å². The Hall–Kier alpha value is -3.91. The highest BCUT2D eigenvalue weighted by Gasteiger charge is 2.26. The number of benzene rings is 5. The zero-order valence-electron chi connectivity index (χ0n) is 16.1. The third-order valence-electron chi connectivity index (χ3n) is 6.39. The van der Waals surface area contributed by atoms with Crippen molar-refractivity contribution in [1.82, 2.24) is 4.57 Å². The Labute approximate surface area is 172 Å². The maximum Gasteiger partial charge on any atom is 0.123 e. The summed E-state index contributed by atoms with van der Waals surface area (Å²) in [5.41, 5.74) is 8.38. The Kier molecular flexibility index (Phi) is 2.97. The summed E-state index contributed by atoms with van der Waals surface area (Å²) in [6.45, 7) is 0. The van der Waals surface area contributed by atoms with Crippen LogP contribution in [0, 0.1) is 5.82 Å². The molecule has 0 bridgehead atoms. The van der Waals surface area contributed by atoms with Crippen LogP contribution in [0.25, 0.3) is 60.5 Å². The van der Waals surface area contributed by atoms with Gasteiger partial charge in [0.05, 0.1) is 11.0 Å². The van der Waals surface area contributed by atoms with Gasteiger partial charge in [-0.3, -0.25) is 0 Å². The van der Waals surface area contributed by atoms with E-state index in [2.05, 4.69) is 77.4 Å². The minimum Gasteiger partial charge on any atom is -0.309 e. The summed E-state index contributed by atoms with van der Waals surface area (Å²) in [5, 5.41) is 5.01. The Balaban J connectivity index is 1.73. The molecular formula is C28H16FN. The van der Waals surface area contributed by atoms with Crippen molar-refractivity contribution in [3.8, 4) is 27.9 Å². The van der Waals surface area contributed by atoms with Gasteiger partial charge in [-0.2, -0.15) is 0 Å². The number of aromatic nitrogens is 1. The molecule has 0 aliphatic heterocycles. The molecule has 0 N–H and O–H groups in total. The van der Waals surface area contributed by atoms with Crippen molar-refractivity contribution in [2.45, 2.75) is 0 Å². The molecule has 140 valence electrons. The van der Waals surface area contributed by atoms with E-state index in [0.29, 0.717) is 0 Å². The molecule has 30 heavy (non-hydrogen) atoms. The number of hydrogen-bond acceptors (Lipinski definition) is 0. The molecule has 1 aliphatic carbocycles. The summed E-state index contributed by atoms with van der Waals surface area (Å²) in [6, 6.07) is 32.8. The second-order valence-corrected chi connectivity index (χ2v) is 7.92. The molecule has 7 rings (SSSR count). The molecule has 0 spiro atoms. The van der Waals surface area contributed by atoms with Crippen molar-refractivity contribution in [3.63, 3.8) is 0 Å². The molecule has 1 aliphatic rings. The predicted molar refractivity (Wildman–Crippen MR) is 123 cm³/mol. The van der Waals surface area contributed by atoms with Gasteiger partial charge in [0.1, 0.15) is 5.82 Å². The van der Waals surface area contributed by atoms with Crippen molar-refractivity contribution >= 4 is 32.6 Å². The fourth-order valence-corrected chi connectivity index (χ4v) is 5.19. The molecule has 0 atom stereocenters. The molecule has 1 nitrogen and oxygen atoms in total. The summed E-state index contributed by atoms with van der Waals surface area (Å²) in [5.74, 6) is -0.220. The number of rotatable bonds is 1. The quantitative estimate of drug-likeness (QED) is 0.272. The van der Waals surface area contributed by atoms with Gasteiger partial charge in [0.2, 0.25) is 0 Å². The minimum atomic E-state index is -0.220. The fraction of sp³-hybridized carbons (Fsp3) is 0. The van der Waals surface area contributed by atoms with Crippen molar-refractivity contribution in [3.05, 3.63) is 103 Å². The first-order valence-corrected chi connectivity index (χ1v) is 10.2. The van der Waals surface area contributed by atoms with Crippen molar-refractivity contribution in [1.29, 1.82) is 0 Å². The van der Waals surface area contributed by atoms with Gasteiger partial charge in [-0.05, 0) is 57.8 Å². The van der Waals surface area contributed by atoms with E-state index in [-0.39, 0.29) is 5.82 Å². The van der Waals surface area contributed by atoms with Crippen LogP contribution in [0.1, 0.15) is 0 Å². The van der Waals surface area contributed by atoms with E-state index in [9.17, 15) is 4.39 Å². The average molecular weight is 385 g/mol. The first-order chi connectivity index (χ1) is 14.8. The molecule has 1 heterocycles. The lowest BCUT2D eigenvalue weighted by molar-refractivity contribution is 0.627. The zero-order valence-corrected chi connectivity index (χ0v) is 16.1. The number of para-hydroxylation sites is 1. The van der Waals surface area contributed by atoms with Gasteiger partial charge in [0.15, 0.2) is 0 Å². The average Bonchev–Trinajstić information content (AvgIpc) is 3.30. The summed E-state index contributed by atoms with van der Waals surface area (Å²) in [6.07, 6.45) is 0. The first-order valence-electron chi connectivity index (χ1n) is 10.2. The molecule has 2 heteroatoms. The summed E-state index contributed by atoms with van der Waals surface area (Å²) in [7, 11) is 0. The second kappa shape index (κ2) is 5.58. The van der Waals surface area contributed by atoms with E-state index in [1.165, 1.54) is 61.4 Å². The topological polar surface area (TPSA) is 4.93 Å². The summed E-state index contributed by atoms with van der Waals surface area (Å²) in [4.78, 5) is 0. The predicted octanol–water partition coefficient (Wildman–Crippen LogP) is 7.72. The van der Waals surface area contributed by atoms with Crippen molar-refractivity contribution in [2.24, 2.45) is 0 Å². The van der Waals surface area contributed by atoms with Crippen molar-refractivity contribution in [2.75, 3.05) is 0 Å². The highest BCUT2D eigenvalue weighted by Crippen LogP contribution is 2.51. The molecule has 0 saturated carbocycles. The van der Waals surface area contributed by atoms with Crippen LogP contribution < -0.4 is 0 Å². The molecule has 0 saturated heterocycles. The zero-order chi connectivity index (χ0) is 19.8. The Morgan fingerprint density at radius 1 is 0.567 bits per heavy atom. The lowest BCUT2D eigenvalue weighted by atomic mass is 10.0. The number of fused-ring (bicyclic) bond motifs is 7. The van der Waals surface area contributed by atoms with E-state index in [0.717, 1.165) is 11.2 Å². The number of hydrogen-bond donors (Lipinski definition) is 0. The smallest absolute Gasteiger partial charge is 0.123 e. The Morgan fingerprint density at radius 3 is 2.17 bits per heavy atom. The van der Waals surface area contributed by atoms with Gasteiger partial charge in [0.25, 0.3) is 0 Å². The van der Waals surface area contributed by atoms with E-state index in [4.69, 9.17) is 0 Å². The van der Waals surface area contributed by atoms with Crippen LogP contribution in [0.3, 0.4) is 0 Å². The number of nitrogens with zero attached hydrogens (tertiary/aromatic N) is 1. The highest BCUT2D eigenvalue weighted by molar-refractivity contribution is 6.24. The van der Waals surface area contributed by atoms with Crippen molar-refractivity contribution < 1.29 is 4.39 Å². The molecule has 0 fully saturated rings. The van der Waals surface area contributed by atoms with E-state index < -0.39 is 0 Å².